The van der Waals surface area contributed by atoms with Gasteiger partial charge in [0.2, 0.25) is 11.8 Å². The van der Waals surface area contributed by atoms with Gasteiger partial charge in [0.25, 0.3) is 0 Å². The zero-order chi connectivity index (χ0) is 21.5. The van der Waals surface area contributed by atoms with Crippen molar-refractivity contribution in [2.45, 2.75) is 43.5 Å². The molecule has 1 heterocycles. The summed E-state index contributed by atoms with van der Waals surface area (Å²) in [4.78, 5) is 26.7. The molecular formula is C22H23ClN2O4S. The summed E-state index contributed by atoms with van der Waals surface area (Å²) in [5.74, 6) is -0.417. The van der Waals surface area contributed by atoms with Crippen molar-refractivity contribution in [1.29, 1.82) is 0 Å². The molecule has 6 nitrogen and oxygen atoms in total. The van der Waals surface area contributed by atoms with Gasteiger partial charge in [0.15, 0.2) is 9.84 Å². The lowest BCUT2D eigenvalue weighted by atomic mass is 10.1. The Balaban J connectivity index is 1.43. The van der Waals surface area contributed by atoms with Crippen molar-refractivity contribution in [2.24, 2.45) is 5.92 Å². The van der Waals surface area contributed by atoms with E-state index >= 15 is 0 Å². The fourth-order valence-corrected chi connectivity index (χ4v) is 5.18. The van der Waals surface area contributed by atoms with Gasteiger partial charge < -0.3 is 10.2 Å². The Morgan fingerprint density at radius 3 is 2.50 bits per heavy atom. The number of amides is 2. The van der Waals surface area contributed by atoms with Crippen LogP contribution in [-0.4, -0.2) is 32.0 Å². The summed E-state index contributed by atoms with van der Waals surface area (Å²) in [6, 6.07) is 11.6. The predicted molar refractivity (Wildman–Crippen MR) is 117 cm³/mol. The summed E-state index contributed by atoms with van der Waals surface area (Å²) < 4.78 is 25.5. The van der Waals surface area contributed by atoms with Gasteiger partial charge in [0.1, 0.15) is 0 Å². The number of sulfone groups is 1. The summed E-state index contributed by atoms with van der Waals surface area (Å²) in [5.41, 5.74) is 2.23. The van der Waals surface area contributed by atoms with Crippen LogP contribution >= 0.6 is 11.6 Å². The van der Waals surface area contributed by atoms with Gasteiger partial charge in [0.05, 0.1) is 10.6 Å². The maximum absolute atomic E-state index is 12.8. The predicted octanol–water partition coefficient (Wildman–Crippen LogP) is 3.83. The molecule has 1 aliphatic heterocycles. The Morgan fingerprint density at radius 2 is 1.83 bits per heavy atom. The molecule has 4 rings (SSSR count). The standard InChI is InChI=1S/C22H23ClN2O4S/c1-14-12-16-13-19(8-9-20(16)25(14)22(27)15-2-3-15)30(28,29)11-10-21(26)24-18-6-4-17(23)5-7-18/h4-9,13-15H,2-3,10-12H2,1H3,(H,24,26)/t14-/m0/s1. The molecule has 0 radical (unpaired) electrons. The molecule has 1 N–H and O–H groups in total. The first-order valence-corrected chi connectivity index (χ1v) is 12.0. The molecule has 1 atom stereocenters. The molecule has 0 spiro atoms. The molecule has 2 aromatic rings. The average Bonchev–Trinajstić information content (AvgIpc) is 3.50. The van der Waals surface area contributed by atoms with Crippen LogP contribution in [0.5, 0.6) is 0 Å². The number of rotatable bonds is 6. The van der Waals surface area contributed by atoms with Crippen molar-refractivity contribution in [1.82, 2.24) is 0 Å². The lowest BCUT2D eigenvalue weighted by molar-refractivity contribution is -0.120. The van der Waals surface area contributed by atoms with Crippen LogP contribution < -0.4 is 10.2 Å². The average molecular weight is 447 g/mol. The van der Waals surface area contributed by atoms with E-state index < -0.39 is 9.84 Å². The van der Waals surface area contributed by atoms with Crippen molar-refractivity contribution >= 4 is 44.6 Å². The number of halogens is 1. The fourth-order valence-electron chi connectivity index (χ4n) is 3.77. The first-order chi connectivity index (χ1) is 14.2. The van der Waals surface area contributed by atoms with Gasteiger partial charge in [-0.25, -0.2) is 8.42 Å². The van der Waals surface area contributed by atoms with E-state index in [1.807, 2.05) is 11.8 Å². The normalized spacial score (nSPS) is 18.2. The number of benzene rings is 2. The number of fused-ring (bicyclic) bond motifs is 1. The first-order valence-electron chi connectivity index (χ1n) is 9.99. The SMILES string of the molecule is C[C@H]1Cc2cc(S(=O)(=O)CCC(=O)Nc3ccc(Cl)cc3)ccc2N1C(=O)C1CC1. The summed E-state index contributed by atoms with van der Waals surface area (Å²) in [5, 5.41) is 3.22. The lowest BCUT2D eigenvalue weighted by Gasteiger charge is -2.22. The van der Waals surface area contributed by atoms with Crippen LogP contribution in [0.4, 0.5) is 11.4 Å². The monoisotopic (exact) mass is 446 g/mol. The van der Waals surface area contributed by atoms with Crippen LogP contribution in [0, 0.1) is 5.92 Å². The van der Waals surface area contributed by atoms with E-state index in [2.05, 4.69) is 5.32 Å². The summed E-state index contributed by atoms with van der Waals surface area (Å²) in [6.07, 6.45) is 2.35. The maximum Gasteiger partial charge on any atom is 0.230 e. The topological polar surface area (TPSA) is 83.6 Å². The molecule has 0 aromatic heterocycles. The molecular weight excluding hydrogens is 424 g/mol. The number of anilines is 2. The van der Waals surface area contributed by atoms with E-state index in [4.69, 9.17) is 11.6 Å². The smallest absolute Gasteiger partial charge is 0.230 e. The molecule has 0 unspecified atom stereocenters. The minimum absolute atomic E-state index is 0.0243. The third kappa shape index (κ3) is 4.37. The highest BCUT2D eigenvalue weighted by Crippen LogP contribution is 2.39. The van der Waals surface area contributed by atoms with Crippen molar-refractivity contribution in [2.75, 3.05) is 16.0 Å². The molecule has 2 amide bonds. The molecule has 30 heavy (non-hydrogen) atoms. The maximum atomic E-state index is 12.8. The van der Waals surface area contributed by atoms with Gasteiger partial charge in [-0.1, -0.05) is 11.6 Å². The van der Waals surface area contributed by atoms with Gasteiger partial charge in [-0.2, -0.15) is 0 Å². The quantitative estimate of drug-likeness (QED) is 0.730. The van der Waals surface area contributed by atoms with Gasteiger partial charge in [0, 0.05) is 34.8 Å². The molecule has 1 fully saturated rings. The third-order valence-electron chi connectivity index (χ3n) is 5.52. The van der Waals surface area contributed by atoms with Crippen LogP contribution in [0.15, 0.2) is 47.4 Å². The number of hydrogen-bond acceptors (Lipinski definition) is 4. The largest absolute Gasteiger partial charge is 0.326 e. The number of carbonyl (C=O) groups excluding carboxylic acids is 2. The highest BCUT2D eigenvalue weighted by molar-refractivity contribution is 7.91. The number of nitrogens with one attached hydrogen (secondary N) is 1. The van der Waals surface area contributed by atoms with E-state index in [0.717, 1.165) is 24.1 Å². The number of hydrogen-bond donors (Lipinski definition) is 1. The second-order valence-corrected chi connectivity index (χ2v) is 10.5. The van der Waals surface area contributed by atoms with Crippen LogP contribution in [0.1, 0.15) is 31.7 Å². The molecule has 0 saturated heterocycles. The number of nitrogens with zero attached hydrogens (tertiary/aromatic N) is 1. The first kappa shape index (κ1) is 20.9. The second-order valence-electron chi connectivity index (χ2n) is 7.95. The van der Waals surface area contributed by atoms with Gasteiger partial charge in [-0.3, -0.25) is 9.59 Å². The van der Waals surface area contributed by atoms with Crippen LogP contribution in [0.2, 0.25) is 5.02 Å². The fraction of sp³-hybridized carbons (Fsp3) is 0.364. The molecule has 0 bridgehead atoms. The molecule has 2 aliphatic rings. The molecule has 2 aromatic carbocycles. The summed E-state index contributed by atoms with van der Waals surface area (Å²) in [7, 11) is -3.62. The Morgan fingerprint density at radius 1 is 1.13 bits per heavy atom. The third-order valence-corrected chi connectivity index (χ3v) is 7.48. The van der Waals surface area contributed by atoms with E-state index in [1.165, 1.54) is 6.07 Å². The van der Waals surface area contributed by atoms with Crippen LogP contribution in [0.3, 0.4) is 0 Å². The number of carbonyl (C=O) groups is 2. The minimum atomic E-state index is -3.62. The highest BCUT2D eigenvalue weighted by atomic mass is 35.5. The van der Waals surface area contributed by atoms with Crippen molar-refractivity contribution in [3.8, 4) is 0 Å². The van der Waals surface area contributed by atoms with E-state index in [-0.39, 0.29) is 40.8 Å². The van der Waals surface area contributed by atoms with E-state index in [9.17, 15) is 18.0 Å². The van der Waals surface area contributed by atoms with Crippen LogP contribution in [0.25, 0.3) is 0 Å². The van der Waals surface area contributed by atoms with Crippen LogP contribution in [-0.2, 0) is 25.8 Å². The zero-order valence-electron chi connectivity index (χ0n) is 16.6. The van der Waals surface area contributed by atoms with Gasteiger partial charge in [-0.15, -0.1) is 0 Å². The molecule has 1 saturated carbocycles. The highest BCUT2D eigenvalue weighted by Gasteiger charge is 2.39. The van der Waals surface area contributed by atoms with E-state index in [1.54, 1.807) is 36.4 Å². The summed E-state index contributed by atoms with van der Waals surface area (Å²) in [6.45, 7) is 1.98. The second kappa shape index (κ2) is 8.04. The Kier molecular flexibility index (Phi) is 5.59. The van der Waals surface area contributed by atoms with Crippen molar-refractivity contribution < 1.29 is 18.0 Å². The lowest BCUT2D eigenvalue weighted by Crippen LogP contribution is -2.36. The Hall–Kier alpha value is -2.38. The molecule has 158 valence electrons. The Labute approximate surface area is 181 Å². The zero-order valence-corrected chi connectivity index (χ0v) is 18.2. The van der Waals surface area contributed by atoms with E-state index in [0.29, 0.717) is 17.1 Å². The van der Waals surface area contributed by atoms with Crippen molar-refractivity contribution in [3.63, 3.8) is 0 Å². The van der Waals surface area contributed by atoms with Gasteiger partial charge >= 0.3 is 0 Å². The molecule has 8 heteroatoms. The van der Waals surface area contributed by atoms with Crippen molar-refractivity contribution in [3.05, 3.63) is 53.1 Å². The Bertz CT molecular complexity index is 1090. The minimum Gasteiger partial charge on any atom is -0.326 e. The summed E-state index contributed by atoms with van der Waals surface area (Å²) >= 11 is 5.82. The van der Waals surface area contributed by atoms with Gasteiger partial charge in [-0.05, 0) is 74.2 Å². The molecule has 1 aliphatic carbocycles.